The first-order chi connectivity index (χ1) is 17.8. The second-order valence-corrected chi connectivity index (χ2v) is 9.40. The number of ether oxygens (including phenoxy) is 2. The van der Waals surface area contributed by atoms with E-state index in [2.05, 4.69) is 33.2 Å². The number of halogens is 1. The van der Waals surface area contributed by atoms with Crippen LogP contribution in [-0.4, -0.2) is 25.0 Å². The van der Waals surface area contributed by atoms with Crippen molar-refractivity contribution in [1.29, 1.82) is 5.26 Å². The number of nitrogens with one attached hydrogen (secondary N) is 2. The Kier molecular flexibility index (Phi) is 10.1. The summed E-state index contributed by atoms with van der Waals surface area (Å²) >= 11 is 2.08. The number of rotatable bonds is 10. The van der Waals surface area contributed by atoms with Crippen LogP contribution in [0.5, 0.6) is 11.5 Å². The fourth-order valence-electron chi connectivity index (χ4n) is 3.42. The molecule has 0 aliphatic heterocycles. The zero-order chi connectivity index (χ0) is 26.8. The van der Waals surface area contributed by atoms with E-state index in [9.17, 15) is 14.9 Å². The molecule has 0 spiro atoms. The van der Waals surface area contributed by atoms with Gasteiger partial charge in [-0.3, -0.25) is 9.59 Å². The predicted molar refractivity (Wildman–Crippen MR) is 152 cm³/mol. The molecule has 2 amide bonds. The van der Waals surface area contributed by atoms with E-state index in [1.165, 1.54) is 6.08 Å². The molecule has 0 unspecified atom stereocenters. The zero-order valence-electron chi connectivity index (χ0n) is 20.9. The lowest BCUT2D eigenvalue weighted by atomic mass is 10.1. The quantitative estimate of drug-likeness (QED) is 0.179. The van der Waals surface area contributed by atoms with Gasteiger partial charge in [0.1, 0.15) is 11.6 Å². The highest BCUT2D eigenvalue weighted by molar-refractivity contribution is 14.1. The molecule has 0 aliphatic carbocycles. The van der Waals surface area contributed by atoms with Crippen LogP contribution in [-0.2, 0) is 16.1 Å². The van der Waals surface area contributed by atoms with E-state index in [-0.39, 0.29) is 18.1 Å². The number of nitrogens with zero attached hydrogens (tertiary/aromatic N) is 1. The molecule has 0 fully saturated rings. The average Bonchev–Trinajstić information content (AvgIpc) is 2.88. The molecule has 3 aromatic rings. The molecule has 0 heterocycles. The number of amides is 2. The van der Waals surface area contributed by atoms with Crippen LogP contribution < -0.4 is 20.1 Å². The minimum atomic E-state index is -0.470. The highest BCUT2D eigenvalue weighted by Gasteiger charge is 2.16. The SMILES string of the molecule is CCOc1cc(/C=C(\C#N)C(=O)NCc2ccccc2)cc(I)c1OCC(=O)Nc1ccc(C)c(C)c1. The Hall–Kier alpha value is -3.84. The lowest BCUT2D eigenvalue weighted by molar-refractivity contribution is -0.118. The minimum Gasteiger partial charge on any atom is -0.490 e. The van der Waals surface area contributed by atoms with E-state index < -0.39 is 5.91 Å². The van der Waals surface area contributed by atoms with E-state index in [0.29, 0.717) is 39.5 Å². The molecule has 0 bridgehead atoms. The first-order valence-electron chi connectivity index (χ1n) is 11.7. The second-order valence-electron chi connectivity index (χ2n) is 8.24. The number of anilines is 1. The molecular weight excluding hydrogens is 581 g/mol. The predicted octanol–water partition coefficient (Wildman–Crippen LogP) is 5.55. The largest absolute Gasteiger partial charge is 0.490 e. The van der Waals surface area contributed by atoms with Gasteiger partial charge in [0, 0.05) is 12.2 Å². The maximum Gasteiger partial charge on any atom is 0.262 e. The summed E-state index contributed by atoms with van der Waals surface area (Å²) in [7, 11) is 0. The molecule has 3 aromatic carbocycles. The summed E-state index contributed by atoms with van der Waals surface area (Å²) in [5.41, 5.74) is 4.44. The van der Waals surface area contributed by atoms with Gasteiger partial charge in [0.05, 0.1) is 10.2 Å². The van der Waals surface area contributed by atoms with E-state index in [0.717, 1.165) is 16.7 Å². The third-order valence-electron chi connectivity index (χ3n) is 5.44. The van der Waals surface area contributed by atoms with Crippen LogP contribution in [0.3, 0.4) is 0 Å². The van der Waals surface area contributed by atoms with Gasteiger partial charge >= 0.3 is 0 Å². The summed E-state index contributed by atoms with van der Waals surface area (Å²) in [6.45, 7) is 6.32. The maximum absolute atomic E-state index is 12.6. The highest BCUT2D eigenvalue weighted by Crippen LogP contribution is 2.35. The first-order valence-corrected chi connectivity index (χ1v) is 12.8. The summed E-state index contributed by atoms with van der Waals surface area (Å²) < 4.78 is 12.2. The third kappa shape index (κ3) is 8.08. The number of carbonyl (C=O) groups excluding carboxylic acids is 2. The summed E-state index contributed by atoms with van der Waals surface area (Å²) in [5, 5.41) is 15.2. The topological polar surface area (TPSA) is 100 Å². The first kappa shape index (κ1) is 27.7. The van der Waals surface area contributed by atoms with Crippen molar-refractivity contribution in [3.8, 4) is 17.6 Å². The highest BCUT2D eigenvalue weighted by atomic mass is 127. The van der Waals surface area contributed by atoms with E-state index >= 15 is 0 Å². The van der Waals surface area contributed by atoms with Crippen molar-refractivity contribution in [2.75, 3.05) is 18.5 Å². The van der Waals surface area contributed by atoms with Crippen molar-refractivity contribution >= 4 is 46.2 Å². The summed E-state index contributed by atoms with van der Waals surface area (Å²) in [6, 6.07) is 20.6. The van der Waals surface area contributed by atoms with Gasteiger partial charge in [-0.15, -0.1) is 0 Å². The number of hydrogen-bond donors (Lipinski definition) is 2. The summed E-state index contributed by atoms with van der Waals surface area (Å²) in [4.78, 5) is 25.1. The van der Waals surface area contributed by atoms with Crippen molar-refractivity contribution in [1.82, 2.24) is 5.32 Å². The zero-order valence-corrected chi connectivity index (χ0v) is 23.1. The molecule has 0 aromatic heterocycles. The third-order valence-corrected chi connectivity index (χ3v) is 6.24. The Morgan fingerprint density at radius 1 is 1.03 bits per heavy atom. The Bertz CT molecular complexity index is 1350. The van der Waals surface area contributed by atoms with Crippen LogP contribution in [0.25, 0.3) is 6.08 Å². The van der Waals surface area contributed by atoms with E-state index in [1.54, 1.807) is 12.1 Å². The number of hydrogen-bond acceptors (Lipinski definition) is 5. The smallest absolute Gasteiger partial charge is 0.262 e. The molecule has 0 saturated carbocycles. The van der Waals surface area contributed by atoms with Crippen LogP contribution >= 0.6 is 22.6 Å². The minimum absolute atomic E-state index is 0.0318. The number of nitriles is 1. The van der Waals surface area contributed by atoms with Gasteiger partial charge in [0.2, 0.25) is 0 Å². The summed E-state index contributed by atoms with van der Waals surface area (Å²) in [6.07, 6.45) is 1.50. The number of benzene rings is 3. The Labute approximate surface area is 230 Å². The molecule has 37 heavy (non-hydrogen) atoms. The average molecular weight is 609 g/mol. The molecule has 3 rings (SSSR count). The lowest BCUT2D eigenvalue weighted by Gasteiger charge is -2.15. The van der Waals surface area contributed by atoms with E-state index in [4.69, 9.17) is 9.47 Å². The van der Waals surface area contributed by atoms with Gasteiger partial charge in [-0.2, -0.15) is 5.26 Å². The Morgan fingerprint density at radius 2 is 1.78 bits per heavy atom. The fourth-order valence-corrected chi connectivity index (χ4v) is 4.20. The Balaban J connectivity index is 1.72. The summed E-state index contributed by atoms with van der Waals surface area (Å²) in [5.74, 6) is 0.0680. The molecule has 0 saturated heterocycles. The molecular formula is C29H28IN3O4. The second kappa shape index (κ2) is 13.5. The molecule has 0 radical (unpaired) electrons. The Morgan fingerprint density at radius 3 is 2.46 bits per heavy atom. The van der Waals surface area contributed by atoms with Crippen LogP contribution in [0.1, 0.15) is 29.2 Å². The van der Waals surface area contributed by atoms with Gasteiger partial charge in [-0.05, 0) is 96.0 Å². The van der Waals surface area contributed by atoms with Crippen LogP contribution in [0.15, 0.2) is 66.2 Å². The molecule has 2 N–H and O–H groups in total. The van der Waals surface area contributed by atoms with Crippen molar-refractivity contribution in [2.24, 2.45) is 0 Å². The molecule has 8 heteroatoms. The van der Waals surface area contributed by atoms with Gasteiger partial charge < -0.3 is 20.1 Å². The lowest BCUT2D eigenvalue weighted by Crippen LogP contribution is -2.23. The van der Waals surface area contributed by atoms with Crippen LogP contribution in [0.2, 0.25) is 0 Å². The molecule has 0 aliphatic rings. The van der Waals surface area contributed by atoms with Crippen molar-refractivity contribution in [2.45, 2.75) is 27.3 Å². The monoisotopic (exact) mass is 609 g/mol. The standard InChI is InChI=1S/C29H28IN3O4/c1-4-36-26-15-22(13-23(16-31)29(35)32-17-21-8-6-5-7-9-21)14-25(30)28(26)37-18-27(34)33-24-11-10-19(2)20(3)12-24/h5-15H,4,17-18H2,1-3H3,(H,32,35)(H,33,34)/b23-13+. The van der Waals surface area contributed by atoms with Crippen LogP contribution in [0.4, 0.5) is 5.69 Å². The van der Waals surface area contributed by atoms with Crippen molar-refractivity contribution < 1.29 is 19.1 Å². The van der Waals surface area contributed by atoms with Crippen molar-refractivity contribution in [3.05, 3.63) is 92.1 Å². The molecule has 0 atom stereocenters. The van der Waals surface area contributed by atoms with Gasteiger partial charge in [-0.25, -0.2) is 0 Å². The molecule has 7 nitrogen and oxygen atoms in total. The van der Waals surface area contributed by atoms with Crippen LogP contribution in [0, 0.1) is 28.7 Å². The van der Waals surface area contributed by atoms with Crippen molar-refractivity contribution in [3.63, 3.8) is 0 Å². The number of carbonyl (C=O) groups is 2. The fraction of sp³-hybridized carbons (Fsp3) is 0.207. The number of aryl methyl sites for hydroxylation is 2. The maximum atomic E-state index is 12.6. The van der Waals surface area contributed by atoms with Gasteiger partial charge in [0.25, 0.3) is 11.8 Å². The molecule has 190 valence electrons. The van der Waals surface area contributed by atoms with Gasteiger partial charge in [0.15, 0.2) is 18.1 Å². The van der Waals surface area contributed by atoms with Gasteiger partial charge in [-0.1, -0.05) is 36.4 Å². The van der Waals surface area contributed by atoms with E-state index in [1.807, 2.05) is 75.4 Å². The normalized spacial score (nSPS) is 10.8.